The Morgan fingerprint density at radius 3 is 2.62 bits per heavy atom. The van der Waals surface area contributed by atoms with Gasteiger partial charge in [-0.3, -0.25) is 0 Å². The lowest BCUT2D eigenvalue weighted by molar-refractivity contribution is -0.0356. The molecule has 1 atom stereocenters. The van der Waals surface area contributed by atoms with Crippen molar-refractivity contribution in [3.05, 3.63) is 71.0 Å². The molecule has 5 heteroatoms. The van der Waals surface area contributed by atoms with Gasteiger partial charge in [-0.1, -0.05) is 30.3 Å². The molecule has 0 saturated heterocycles. The average molecular weight is 350 g/mol. The van der Waals surface area contributed by atoms with Gasteiger partial charge >= 0.3 is 5.97 Å². The van der Waals surface area contributed by atoms with Crippen LogP contribution in [0.2, 0.25) is 0 Å². The summed E-state index contributed by atoms with van der Waals surface area (Å²) in [6.45, 7) is 0.742. The van der Waals surface area contributed by atoms with Gasteiger partial charge in [0.15, 0.2) is 0 Å². The van der Waals surface area contributed by atoms with Crippen LogP contribution >= 0.6 is 12.4 Å². The molecular weight excluding hydrogens is 329 g/mol. The Morgan fingerprint density at radius 2 is 1.92 bits per heavy atom. The predicted octanol–water partition coefficient (Wildman–Crippen LogP) is 3.81. The molecule has 0 bridgehead atoms. The number of esters is 1. The third-order valence-electron chi connectivity index (χ3n) is 4.31. The third kappa shape index (κ3) is 3.60. The highest BCUT2D eigenvalue weighted by Crippen LogP contribution is 2.39. The van der Waals surface area contributed by atoms with Crippen molar-refractivity contribution in [1.29, 1.82) is 0 Å². The van der Waals surface area contributed by atoms with Gasteiger partial charge in [-0.25, -0.2) is 9.18 Å². The van der Waals surface area contributed by atoms with Crippen LogP contribution in [-0.2, 0) is 16.8 Å². The molecule has 24 heavy (non-hydrogen) atoms. The van der Waals surface area contributed by atoms with Crippen molar-refractivity contribution in [3.63, 3.8) is 0 Å². The number of hydrogen-bond donors (Lipinski definition) is 0. The zero-order valence-corrected chi connectivity index (χ0v) is 14.6. The van der Waals surface area contributed by atoms with Crippen LogP contribution in [0.25, 0.3) is 0 Å². The SMILES string of the molecule is CN(C)CCC1(c2cccc(F)c2)Cc2ccccc2C(=O)O1.Cl. The lowest BCUT2D eigenvalue weighted by Crippen LogP contribution is -2.41. The van der Waals surface area contributed by atoms with Crippen LogP contribution in [0.4, 0.5) is 4.39 Å². The van der Waals surface area contributed by atoms with E-state index in [1.165, 1.54) is 12.1 Å². The zero-order chi connectivity index (χ0) is 16.4. The van der Waals surface area contributed by atoms with E-state index >= 15 is 0 Å². The van der Waals surface area contributed by atoms with Crippen molar-refractivity contribution in [1.82, 2.24) is 4.90 Å². The summed E-state index contributed by atoms with van der Waals surface area (Å²) in [7, 11) is 3.94. The number of benzene rings is 2. The molecule has 1 unspecified atom stereocenters. The topological polar surface area (TPSA) is 29.5 Å². The number of ether oxygens (including phenoxy) is 1. The van der Waals surface area contributed by atoms with Crippen LogP contribution in [0.15, 0.2) is 48.5 Å². The first kappa shape index (κ1) is 18.4. The molecule has 128 valence electrons. The van der Waals surface area contributed by atoms with E-state index in [2.05, 4.69) is 0 Å². The molecule has 0 radical (unpaired) electrons. The van der Waals surface area contributed by atoms with E-state index in [-0.39, 0.29) is 24.2 Å². The van der Waals surface area contributed by atoms with Gasteiger partial charge in [-0.05, 0) is 43.4 Å². The molecule has 1 heterocycles. The summed E-state index contributed by atoms with van der Waals surface area (Å²) in [6, 6.07) is 13.8. The van der Waals surface area contributed by atoms with Crippen LogP contribution in [0.1, 0.15) is 27.9 Å². The molecule has 2 aromatic rings. The Morgan fingerprint density at radius 1 is 1.17 bits per heavy atom. The molecule has 2 aromatic carbocycles. The number of hydrogen-bond acceptors (Lipinski definition) is 3. The van der Waals surface area contributed by atoms with Gasteiger partial charge < -0.3 is 9.64 Å². The minimum Gasteiger partial charge on any atom is -0.450 e. The van der Waals surface area contributed by atoms with Crippen molar-refractivity contribution >= 4 is 18.4 Å². The van der Waals surface area contributed by atoms with Gasteiger partial charge in [0.1, 0.15) is 11.4 Å². The molecule has 0 N–H and O–H groups in total. The quantitative estimate of drug-likeness (QED) is 0.786. The minimum atomic E-state index is -0.822. The fourth-order valence-electron chi connectivity index (χ4n) is 3.07. The van der Waals surface area contributed by atoms with E-state index < -0.39 is 5.60 Å². The van der Waals surface area contributed by atoms with Crippen LogP contribution in [0.5, 0.6) is 0 Å². The van der Waals surface area contributed by atoms with Crippen LogP contribution in [-0.4, -0.2) is 31.5 Å². The highest BCUT2D eigenvalue weighted by Gasteiger charge is 2.41. The molecule has 1 aliphatic heterocycles. The lowest BCUT2D eigenvalue weighted by atomic mass is 9.80. The Balaban J connectivity index is 0.00000208. The van der Waals surface area contributed by atoms with E-state index in [1.54, 1.807) is 12.1 Å². The van der Waals surface area contributed by atoms with Gasteiger partial charge in [0.05, 0.1) is 5.56 Å². The van der Waals surface area contributed by atoms with Gasteiger partial charge in [0.2, 0.25) is 0 Å². The molecule has 0 aliphatic carbocycles. The van der Waals surface area contributed by atoms with Gasteiger partial charge in [-0.15, -0.1) is 12.4 Å². The van der Waals surface area contributed by atoms with Gasteiger partial charge in [0.25, 0.3) is 0 Å². The molecule has 0 amide bonds. The van der Waals surface area contributed by atoms with Crippen LogP contribution < -0.4 is 0 Å². The predicted molar refractivity (Wildman–Crippen MR) is 94.1 cm³/mol. The fraction of sp³-hybridized carbons (Fsp3) is 0.316. The van der Waals surface area contributed by atoms with Crippen molar-refractivity contribution in [2.24, 2.45) is 0 Å². The Bertz CT molecular complexity index is 735. The summed E-state index contributed by atoms with van der Waals surface area (Å²) >= 11 is 0. The first-order valence-corrected chi connectivity index (χ1v) is 7.72. The van der Waals surface area contributed by atoms with Crippen LogP contribution in [0, 0.1) is 5.82 Å². The Labute approximate surface area is 147 Å². The number of cyclic esters (lactones) is 1. The highest BCUT2D eigenvalue weighted by atomic mass is 35.5. The molecule has 1 aliphatic rings. The maximum absolute atomic E-state index is 13.7. The monoisotopic (exact) mass is 349 g/mol. The van der Waals surface area contributed by atoms with E-state index in [9.17, 15) is 9.18 Å². The second-order valence-corrected chi connectivity index (χ2v) is 6.28. The normalized spacial score (nSPS) is 19.4. The number of halogens is 2. The van der Waals surface area contributed by atoms with Crippen molar-refractivity contribution in [2.75, 3.05) is 20.6 Å². The molecule has 3 rings (SSSR count). The maximum Gasteiger partial charge on any atom is 0.339 e. The largest absolute Gasteiger partial charge is 0.450 e. The van der Waals surface area contributed by atoms with Crippen LogP contribution in [0.3, 0.4) is 0 Å². The molecule has 3 nitrogen and oxygen atoms in total. The molecule has 0 aromatic heterocycles. The van der Waals surface area contributed by atoms with E-state index in [4.69, 9.17) is 4.74 Å². The summed E-state index contributed by atoms with van der Waals surface area (Å²) in [4.78, 5) is 14.5. The van der Waals surface area contributed by atoms with Crippen molar-refractivity contribution < 1.29 is 13.9 Å². The first-order valence-electron chi connectivity index (χ1n) is 7.72. The van der Waals surface area contributed by atoms with E-state index in [0.29, 0.717) is 24.0 Å². The summed E-state index contributed by atoms with van der Waals surface area (Å²) in [5, 5.41) is 0. The molecule has 0 fully saturated rings. The molecule has 0 saturated carbocycles. The molecule has 0 spiro atoms. The summed E-state index contributed by atoms with van der Waals surface area (Å²) in [5.41, 5.74) is 1.44. The number of fused-ring (bicyclic) bond motifs is 1. The van der Waals surface area contributed by atoms with Gasteiger partial charge in [-0.2, -0.15) is 0 Å². The second-order valence-electron chi connectivity index (χ2n) is 6.28. The Hall–Kier alpha value is -1.91. The lowest BCUT2D eigenvalue weighted by Gasteiger charge is -2.38. The third-order valence-corrected chi connectivity index (χ3v) is 4.31. The minimum absolute atomic E-state index is 0. The fourth-order valence-corrected chi connectivity index (χ4v) is 3.07. The Kier molecular flexibility index (Phi) is 5.62. The van der Waals surface area contributed by atoms with Crippen molar-refractivity contribution in [2.45, 2.75) is 18.4 Å². The summed E-state index contributed by atoms with van der Waals surface area (Å²) < 4.78 is 19.6. The number of carbonyl (C=O) groups excluding carboxylic acids is 1. The van der Waals surface area contributed by atoms with E-state index in [0.717, 1.165) is 12.1 Å². The maximum atomic E-state index is 13.7. The summed E-state index contributed by atoms with van der Waals surface area (Å²) in [6.07, 6.45) is 1.18. The van der Waals surface area contributed by atoms with E-state index in [1.807, 2.05) is 43.3 Å². The number of nitrogens with zero attached hydrogens (tertiary/aromatic N) is 1. The first-order chi connectivity index (χ1) is 11.0. The molecular formula is C19H21ClFNO2. The zero-order valence-electron chi connectivity index (χ0n) is 13.8. The average Bonchev–Trinajstić information content (AvgIpc) is 2.53. The standard InChI is InChI=1S/C19H20FNO2.ClH/c1-21(2)11-10-19(15-7-5-8-16(20)12-15)13-14-6-3-4-9-17(14)18(22)23-19;/h3-9,12H,10-11,13H2,1-2H3;1H. The highest BCUT2D eigenvalue weighted by molar-refractivity contribution is 5.92. The summed E-state index contributed by atoms with van der Waals surface area (Å²) in [5.74, 6) is -0.656. The number of rotatable bonds is 4. The smallest absolute Gasteiger partial charge is 0.339 e. The second kappa shape index (κ2) is 7.32. The van der Waals surface area contributed by atoms with Crippen molar-refractivity contribution in [3.8, 4) is 0 Å². The number of carbonyl (C=O) groups is 1. The van der Waals surface area contributed by atoms with Gasteiger partial charge in [0, 0.05) is 19.4 Å².